The molecule has 1 N–H and O–H groups in total. The van der Waals surface area contributed by atoms with Crippen molar-refractivity contribution in [3.8, 4) is 0 Å². The average Bonchev–Trinajstić information content (AvgIpc) is 2.96. The molecule has 0 saturated carbocycles. The van der Waals surface area contributed by atoms with E-state index in [0.717, 1.165) is 23.5 Å². The van der Waals surface area contributed by atoms with Crippen LogP contribution < -0.4 is 0 Å². The molecule has 5 nitrogen and oxygen atoms in total. The smallest absolute Gasteiger partial charge is 0.326 e. The highest BCUT2D eigenvalue weighted by atomic mass is 32.1. The number of rotatable bonds is 4. The Bertz CT molecular complexity index is 458. The molecule has 1 aromatic rings. The summed E-state index contributed by atoms with van der Waals surface area (Å²) in [6, 6.07) is -0.650. The van der Waals surface area contributed by atoms with Crippen molar-refractivity contribution in [2.75, 3.05) is 6.54 Å². The second kappa shape index (κ2) is 5.48. The van der Waals surface area contributed by atoms with Crippen LogP contribution in [0.4, 0.5) is 0 Å². The van der Waals surface area contributed by atoms with Gasteiger partial charge in [0.15, 0.2) is 0 Å². The van der Waals surface area contributed by atoms with Crippen molar-refractivity contribution in [3.63, 3.8) is 0 Å². The number of carbonyl (C=O) groups is 2. The summed E-state index contributed by atoms with van der Waals surface area (Å²) >= 11 is 1.46. The number of thiazole rings is 1. The van der Waals surface area contributed by atoms with Gasteiger partial charge in [-0.15, -0.1) is 11.3 Å². The first-order valence-electron chi connectivity index (χ1n) is 6.07. The number of amides is 1. The third-order valence-electron chi connectivity index (χ3n) is 3.12. The van der Waals surface area contributed by atoms with Gasteiger partial charge >= 0.3 is 5.97 Å². The number of nitrogens with zero attached hydrogens (tertiary/aromatic N) is 2. The summed E-state index contributed by atoms with van der Waals surface area (Å²) in [5, 5.41) is 11.8. The number of aromatic nitrogens is 1. The Balaban J connectivity index is 2.01. The third kappa shape index (κ3) is 2.69. The molecule has 6 heteroatoms. The molecule has 1 saturated heterocycles. The molecule has 1 unspecified atom stereocenters. The van der Waals surface area contributed by atoms with Gasteiger partial charge in [-0.25, -0.2) is 9.78 Å². The summed E-state index contributed by atoms with van der Waals surface area (Å²) in [7, 11) is 0. The lowest BCUT2D eigenvalue weighted by Crippen LogP contribution is -2.41. The van der Waals surface area contributed by atoms with E-state index < -0.39 is 12.0 Å². The summed E-state index contributed by atoms with van der Waals surface area (Å²) in [4.78, 5) is 28.9. The van der Waals surface area contributed by atoms with Gasteiger partial charge in [-0.2, -0.15) is 0 Å². The molecule has 1 aromatic heterocycles. The summed E-state index contributed by atoms with van der Waals surface area (Å²) in [6.07, 6.45) is 2.39. The van der Waals surface area contributed by atoms with Gasteiger partial charge in [-0.1, -0.05) is 6.92 Å². The molecular weight excluding hydrogens is 252 g/mol. The molecule has 0 aromatic carbocycles. The van der Waals surface area contributed by atoms with Crippen molar-refractivity contribution < 1.29 is 14.7 Å². The van der Waals surface area contributed by atoms with Crippen LogP contribution in [-0.4, -0.2) is 39.5 Å². The maximum absolute atomic E-state index is 12.1. The van der Waals surface area contributed by atoms with Crippen LogP contribution in [0.25, 0.3) is 0 Å². The van der Waals surface area contributed by atoms with Crippen LogP contribution in [0.15, 0.2) is 5.38 Å². The molecular formula is C12H16N2O3S. The molecule has 2 rings (SSSR count). The van der Waals surface area contributed by atoms with Gasteiger partial charge in [0.1, 0.15) is 11.0 Å². The van der Waals surface area contributed by atoms with Gasteiger partial charge in [0, 0.05) is 11.9 Å². The lowest BCUT2D eigenvalue weighted by molar-refractivity contribution is -0.148. The van der Waals surface area contributed by atoms with Crippen molar-refractivity contribution in [2.24, 2.45) is 0 Å². The van der Waals surface area contributed by atoms with E-state index in [2.05, 4.69) is 4.98 Å². The second-order valence-corrected chi connectivity index (χ2v) is 5.29. The SMILES string of the molecule is CCc1csc(CC(=O)N2CCCC2C(=O)O)n1. The molecule has 1 aliphatic heterocycles. The van der Waals surface area contributed by atoms with Crippen molar-refractivity contribution in [2.45, 2.75) is 38.6 Å². The lowest BCUT2D eigenvalue weighted by Gasteiger charge is -2.20. The number of aryl methyl sites for hydroxylation is 1. The quantitative estimate of drug-likeness (QED) is 0.894. The summed E-state index contributed by atoms with van der Waals surface area (Å²) in [6.45, 7) is 2.56. The Hall–Kier alpha value is -1.43. The van der Waals surface area contributed by atoms with Crippen molar-refractivity contribution >= 4 is 23.2 Å². The standard InChI is InChI=1S/C12H16N2O3S/c1-2-8-7-18-10(13-8)6-11(15)14-5-3-4-9(14)12(16)17/h7,9H,2-6H2,1H3,(H,16,17). The van der Waals surface area contributed by atoms with Crippen LogP contribution in [0, 0.1) is 0 Å². The minimum absolute atomic E-state index is 0.128. The van der Waals surface area contributed by atoms with E-state index >= 15 is 0 Å². The van der Waals surface area contributed by atoms with Crippen LogP contribution in [0.5, 0.6) is 0 Å². The fourth-order valence-corrected chi connectivity index (χ4v) is 3.01. The van der Waals surface area contributed by atoms with Gasteiger partial charge in [-0.3, -0.25) is 4.79 Å². The van der Waals surface area contributed by atoms with Crippen molar-refractivity contribution in [1.29, 1.82) is 0 Å². The summed E-state index contributed by atoms with van der Waals surface area (Å²) in [5.74, 6) is -1.04. The van der Waals surface area contributed by atoms with Gasteiger partial charge in [0.2, 0.25) is 5.91 Å². The molecule has 18 heavy (non-hydrogen) atoms. The van der Waals surface area contributed by atoms with Crippen LogP contribution in [0.2, 0.25) is 0 Å². The Morgan fingerprint density at radius 1 is 1.61 bits per heavy atom. The predicted molar refractivity (Wildman–Crippen MR) is 67.6 cm³/mol. The predicted octanol–water partition coefficient (Wildman–Crippen LogP) is 1.32. The number of carbonyl (C=O) groups excluding carboxylic acids is 1. The van der Waals surface area contributed by atoms with Crippen LogP contribution in [0.3, 0.4) is 0 Å². The van der Waals surface area contributed by atoms with Crippen LogP contribution in [-0.2, 0) is 22.4 Å². The van der Waals surface area contributed by atoms with E-state index in [1.54, 1.807) is 0 Å². The zero-order valence-electron chi connectivity index (χ0n) is 10.3. The number of aliphatic carboxylic acids is 1. The Morgan fingerprint density at radius 2 is 2.39 bits per heavy atom. The second-order valence-electron chi connectivity index (χ2n) is 4.35. The van der Waals surface area contributed by atoms with Gasteiger partial charge < -0.3 is 10.0 Å². The first-order valence-corrected chi connectivity index (χ1v) is 6.95. The Labute approximate surface area is 109 Å². The van der Waals surface area contributed by atoms with Gasteiger partial charge in [-0.05, 0) is 19.3 Å². The first-order chi connectivity index (χ1) is 8.61. The van der Waals surface area contributed by atoms with Crippen LogP contribution in [0.1, 0.15) is 30.5 Å². The normalized spacial score (nSPS) is 19.2. The monoisotopic (exact) mass is 268 g/mol. The fraction of sp³-hybridized carbons (Fsp3) is 0.583. The molecule has 1 atom stereocenters. The van der Waals surface area contributed by atoms with Crippen molar-refractivity contribution in [1.82, 2.24) is 9.88 Å². The third-order valence-corrected chi connectivity index (χ3v) is 4.02. The topological polar surface area (TPSA) is 70.5 Å². The van der Waals surface area contributed by atoms with Crippen molar-refractivity contribution in [3.05, 3.63) is 16.1 Å². The van der Waals surface area contributed by atoms with E-state index in [1.165, 1.54) is 16.2 Å². The highest BCUT2D eigenvalue weighted by Crippen LogP contribution is 2.20. The summed E-state index contributed by atoms with van der Waals surface area (Å²) in [5.41, 5.74) is 0.985. The maximum atomic E-state index is 12.1. The number of carboxylic acids is 1. The zero-order valence-corrected chi connectivity index (χ0v) is 11.1. The molecule has 1 fully saturated rings. The van der Waals surface area contributed by atoms with Gasteiger partial charge in [0.05, 0.1) is 12.1 Å². The van der Waals surface area contributed by atoms with E-state index in [1.807, 2.05) is 12.3 Å². The minimum Gasteiger partial charge on any atom is -0.480 e. The maximum Gasteiger partial charge on any atom is 0.326 e. The summed E-state index contributed by atoms with van der Waals surface area (Å²) < 4.78 is 0. The Kier molecular flexibility index (Phi) is 3.96. The molecule has 0 bridgehead atoms. The first kappa shape index (κ1) is 13.0. The minimum atomic E-state index is -0.908. The zero-order chi connectivity index (χ0) is 13.1. The molecule has 1 aliphatic rings. The number of likely N-dealkylation sites (tertiary alicyclic amines) is 1. The van der Waals surface area contributed by atoms with E-state index in [0.29, 0.717) is 13.0 Å². The molecule has 0 radical (unpaired) electrons. The number of carboxylic acid groups (broad SMARTS) is 1. The molecule has 1 amide bonds. The highest BCUT2D eigenvalue weighted by molar-refractivity contribution is 7.09. The average molecular weight is 268 g/mol. The number of hydrogen-bond donors (Lipinski definition) is 1. The van der Waals surface area contributed by atoms with Gasteiger partial charge in [0.25, 0.3) is 0 Å². The number of hydrogen-bond acceptors (Lipinski definition) is 4. The molecule has 98 valence electrons. The Morgan fingerprint density at radius 3 is 3.00 bits per heavy atom. The van der Waals surface area contributed by atoms with E-state index in [-0.39, 0.29) is 12.3 Å². The molecule has 0 spiro atoms. The molecule has 0 aliphatic carbocycles. The van der Waals surface area contributed by atoms with Crippen LogP contribution >= 0.6 is 11.3 Å². The van der Waals surface area contributed by atoms with E-state index in [4.69, 9.17) is 5.11 Å². The largest absolute Gasteiger partial charge is 0.480 e. The lowest BCUT2D eigenvalue weighted by atomic mass is 10.2. The highest BCUT2D eigenvalue weighted by Gasteiger charge is 2.33. The van der Waals surface area contributed by atoms with E-state index in [9.17, 15) is 9.59 Å². The molecule has 2 heterocycles. The fourth-order valence-electron chi connectivity index (χ4n) is 2.15.